The van der Waals surface area contributed by atoms with Crippen LogP contribution in [0.4, 0.5) is 26.3 Å². The number of hydrogen-bond acceptors (Lipinski definition) is 1. The van der Waals surface area contributed by atoms with Crippen LogP contribution in [0.3, 0.4) is 0 Å². The number of alkyl halides is 6. The number of aromatic amines is 1. The van der Waals surface area contributed by atoms with Crippen molar-refractivity contribution in [2.24, 2.45) is 0 Å². The van der Waals surface area contributed by atoms with Crippen LogP contribution in [0.15, 0.2) is 24.3 Å². The molecule has 1 heterocycles. The summed E-state index contributed by atoms with van der Waals surface area (Å²) in [5.41, 5.74) is -1.47. The second-order valence-corrected chi connectivity index (χ2v) is 3.45. The maximum Gasteiger partial charge on any atom is 0.573 e. The Morgan fingerprint density at radius 2 is 1.67 bits per heavy atom. The first-order chi connectivity index (χ1) is 8.17. The van der Waals surface area contributed by atoms with E-state index in [1.165, 1.54) is 12.1 Å². The fraction of sp³-hybridized carbons (Fsp3) is 0.200. The molecule has 2 rings (SSSR count). The number of fused-ring (bicyclic) bond motifs is 1. The predicted octanol–water partition coefficient (Wildman–Crippen LogP) is 4.09. The summed E-state index contributed by atoms with van der Waals surface area (Å²) in [5, 5.41) is -0.0101. The number of para-hydroxylation sites is 1. The molecule has 0 aliphatic heterocycles. The Kier molecular flexibility index (Phi) is 2.67. The predicted molar refractivity (Wildman–Crippen MR) is 50.0 cm³/mol. The number of hydrogen-bond donors (Lipinski definition) is 1. The van der Waals surface area contributed by atoms with Gasteiger partial charge in [0.15, 0.2) is 5.75 Å². The van der Waals surface area contributed by atoms with E-state index < -0.39 is 24.0 Å². The van der Waals surface area contributed by atoms with Crippen LogP contribution in [-0.2, 0) is 6.18 Å². The summed E-state index contributed by atoms with van der Waals surface area (Å²) in [6.45, 7) is 0. The van der Waals surface area contributed by atoms with E-state index in [9.17, 15) is 26.3 Å². The van der Waals surface area contributed by atoms with Crippen molar-refractivity contribution in [3.63, 3.8) is 0 Å². The molecule has 2 nitrogen and oxygen atoms in total. The number of halogens is 6. The van der Waals surface area contributed by atoms with Crippen LogP contribution in [0.1, 0.15) is 5.69 Å². The van der Waals surface area contributed by atoms with Crippen LogP contribution < -0.4 is 4.74 Å². The maximum absolute atomic E-state index is 12.4. The highest BCUT2D eigenvalue weighted by molar-refractivity contribution is 5.86. The van der Waals surface area contributed by atoms with Crippen molar-refractivity contribution in [3.8, 4) is 5.75 Å². The lowest BCUT2D eigenvalue weighted by atomic mass is 10.2. The molecule has 0 saturated heterocycles. The molecule has 18 heavy (non-hydrogen) atoms. The van der Waals surface area contributed by atoms with Gasteiger partial charge in [0.05, 0.1) is 5.52 Å². The second kappa shape index (κ2) is 3.82. The lowest BCUT2D eigenvalue weighted by Gasteiger charge is -2.09. The average molecular weight is 269 g/mol. The van der Waals surface area contributed by atoms with E-state index in [1.807, 2.05) is 4.98 Å². The van der Waals surface area contributed by atoms with Gasteiger partial charge in [0.1, 0.15) is 5.69 Å². The van der Waals surface area contributed by atoms with E-state index >= 15 is 0 Å². The molecule has 0 radical (unpaired) electrons. The molecule has 0 spiro atoms. The largest absolute Gasteiger partial charge is 0.573 e. The van der Waals surface area contributed by atoms with Crippen molar-refractivity contribution < 1.29 is 31.1 Å². The number of rotatable bonds is 1. The molecule has 0 fully saturated rings. The zero-order chi connectivity index (χ0) is 13.6. The van der Waals surface area contributed by atoms with E-state index in [-0.39, 0.29) is 10.9 Å². The van der Waals surface area contributed by atoms with Crippen molar-refractivity contribution in [1.82, 2.24) is 4.98 Å². The fourth-order valence-electron chi connectivity index (χ4n) is 1.49. The molecule has 1 aromatic heterocycles. The third-order valence-corrected chi connectivity index (χ3v) is 2.15. The Morgan fingerprint density at radius 3 is 2.22 bits per heavy atom. The molecule has 0 amide bonds. The molecule has 0 atom stereocenters. The first kappa shape index (κ1) is 12.6. The van der Waals surface area contributed by atoms with Gasteiger partial charge < -0.3 is 9.72 Å². The van der Waals surface area contributed by atoms with Gasteiger partial charge in [-0.2, -0.15) is 13.2 Å². The van der Waals surface area contributed by atoms with E-state index in [4.69, 9.17) is 0 Å². The summed E-state index contributed by atoms with van der Waals surface area (Å²) in [5.74, 6) is -0.699. The van der Waals surface area contributed by atoms with Crippen LogP contribution in [0.2, 0.25) is 0 Å². The molecule has 0 bridgehead atoms. The van der Waals surface area contributed by atoms with Crippen LogP contribution in [0.25, 0.3) is 10.9 Å². The summed E-state index contributed by atoms with van der Waals surface area (Å²) < 4.78 is 77.0. The molecule has 0 unspecified atom stereocenters. The van der Waals surface area contributed by atoms with Crippen molar-refractivity contribution in [3.05, 3.63) is 30.0 Å². The van der Waals surface area contributed by atoms with Crippen LogP contribution in [0, 0.1) is 0 Å². The van der Waals surface area contributed by atoms with Gasteiger partial charge in [0.2, 0.25) is 0 Å². The minimum atomic E-state index is -4.96. The SMILES string of the molecule is FC(F)(F)Oc1cccc2cc(C(F)(F)F)[nH]c12. The molecule has 98 valence electrons. The van der Waals surface area contributed by atoms with Gasteiger partial charge in [-0.3, -0.25) is 0 Å². The van der Waals surface area contributed by atoms with Crippen LogP contribution in [-0.4, -0.2) is 11.3 Å². The lowest BCUT2D eigenvalue weighted by molar-refractivity contribution is -0.274. The van der Waals surface area contributed by atoms with Crippen LogP contribution >= 0.6 is 0 Å². The van der Waals surface area contributed by atoms with E-state index in [0.29, 0.717) is 0 Å². The minimum Gasteiger partial charge on any atom is -0.404 e. The molecule has 1 N–H and O–H groups in total. The number of benzene rings is 1. The van der Waals surface area contributed by atoms with Gasteiger partial charge >= 0.3 is 12.5 Å². The van der Waals surface area contributed by atoms with E-state index in [0.717, 1.165) is 12.1 Å². The molecule has 1 aromatic carbocycles. The number of nitrogens with one attached hydrogen (secondary N) is 1. The molecule has 8 heteroatoms. The minimum absolute atomic E-state index is 0.0101. The van der Waals surface area contributed by atoms with Gasteiger partial charge in [0.25, 0.3) is 0 Å². The summed E-state index contributed by atoms with van der Waals surface area (Å²) in [7, 11) is 0. The molecule has 0 saturated carbocycles. The summed E-state index contributed by atoms with van der Waals surface area (Å²) in [6.07, 6.45) is -9.62. The van der Waals surface area contributed by atoms with E-state index in [1.54, 1.807) is 0 Å². The fourth-order valence-corrected chi connectivity index (χ4v) is 1.49. The Balaban J connectivity index is 2.53. The van der Waals surface area contributed by atoms with Gasteiger partial charge in [-0.1, -0.05) is 12.1 Å². The maximum atomic E-state index is 12.4. The zero-order valence-electron chi connectivity index (χ0n) is 8.49. The summed E-state index contributed by atoms with van der Waals surface area (Å²) >= 11 is 0. The highest BCUT2D eigenvalue weighted by Gasteiger charge is 2.35. The first-order valence-electron chi connectivity index (χ1n) is 4.61. The number of H-pyrrole nitrogens is 1. The van der Waals surface area contributed by atoms with Crippen molar-refractivity contribution in [2.75, 3.05) is 0 Å². The van der Waals surface area contributed by atoms with Crippen LogP contribution in [0.5, 0.6) is 5.75 Å². The molecular formula is C10H5F6NO. The Labute approximate surface area is 96.2 Å². The topological polar surface area (TPSA) is 25.0 Å². The zero-order valence-corrected chi connectivity index (χ0v) is 8.49. The molecule has 2 aromatic rings. The van der Waals surface area contributed by atoms with Gasteiger partial charge in [-0.15, -0.1) is 13.2 Å². The quantitative estimate of drug-likeness (QED) is 0.775. The van der Waals surface area contributed by atoms with E-state index in [2.05, 4.69) is 4.74 Å². The molecule has 0 aliphatic rings. The average Bonchev–Trinajstić information content (AvgIpc) is 2.59. The highest BCUT2D eigenvalue weighted by Crippen LogP contribution is 2.35. The summed E-state index contributed by atoms with van der Waals surface area (Å²) in [4.78, 5) is 1.88. The second-order valence-electron chi connectivity index (χ2n) is 3.45. The third-order valence-electron chi connectivity index (χ3n) is 2.15. The van der Waals surface area contributed by atoms with Gasteiger partial charge in [-0.05, 0) is 12.1 Å². The standard InChI is InChI=1S/C10H5F6NO/c11-9(12,13)7-4-5-2-1-3-6(8(5)17-7)18-10(14,15)16/h1-4,17H. The highest BCUT2D eigenvalue weighted by atomic mass is 19.4. The normalized spacial score (nSPS) is 13.0. The van der Waals surface area contributed by atoms with Gasteiger partial charge in [-0.25, -0.2) is 0 Å². The van der Waals surface area contributed by atoms with Crippen molar-refractivity contribution in [1.29, 1.82) is 0 Å². The third kappa shape index (κ3) is 2.52. The smallest absolute Gasteiger partial charge is 0.404 e. The Hall–Kier alpha value is -1.86. The Morgan fingerprint density at radius 1 is 1.00 bits per heavy atom. The van der Waals surface area contributed by atoms with Crippen molar-refractivity contribution >= 4 is 10.9 Å². The van der Waals surface area contributed by atoms with Gasteiger partial charge in [0, 0.05) is 5.39 Å². The molecular weight excluding hydrogens is 264 g/mol. The summed E-state index contributed by atoms with van der Waals surface area (Å²) in [6, 6.07) is 4.09. The first-order valence-corrected chi connectivity index (χ1v) is 4.61. The monoisotopic (exact) mass is 269 g/mol. The van der Waals surface area contributed by atoms with Crippen molar-refractivity contribution in [2.45, 2.75) is 12.5 Å². The lowest BCUT2D eigenvalue weighted by Crippen LogP contribution is -2.17. The molecule has 0 aliphatic carbocycles. The Bertz CT molecular complexity index is 568. The number of ether oxygens (including phenoxy) is 1. The number of aromatic nitrogens is 1.